The van der Waals surface area contributed by atoms with Crippen LogP contribution in [0.1, 0.15) is 12.5 Å². The second kappa shape index (κ2) is 7.25. The van der Waals surface area contributed by atoms with E-state index in [4.69, 9.17) is 5.11 Å². The minimum atomic E-state index is -0.971. The third kappa shape index (κ3) is 5.00. The maximum Gasteiger partial charge on any atom is 0.320 e. The molecule has 0 aliphatic heterocycles. The summed E-state index contributed by atoms with van der Waals surface area (Å²) < 4.78 is 0.946. The Labute approximate surface area is 120 Å². The van der Waals surface area contributed by atoms with Crippen LogP contribution in [0.25, 0.3) is 0 Å². The number of rotatable bonds is 6. The van der Waals surface area contributed by atoms with Crippen molar-refractivity contribution in [2.45, 2.75) is 19.5 Å². The molecule has 1 aromatic rings. The predicted molar refractivity (Wildman–Crippen MR) is 75.7 cm³/mol. The molecule has 0 aromatic heterocycles. The summed E-state index contributed by atoms with van der Waals surface area (Å²) in [6, 6.07) is 6.93. The number of nitrogens with zero attached hydrogens (tertiary/aromatic N) is 1. The average Bonchev–Trinajstić information content (AvgIpc) is 2.37. The number of carboxylic acids is 1. The van der Waals surface area contributed by atoms with Crippen molar-refractivity contribution >= 4 is 27.8 Å². The zero-order valence-corrected chi connectivity index (χ0v) is 12.5. The number of carbonyl (C=O) groups is 2. The highest BCUT2D eigenvalue weighted by molar-refractivity contribution is 9.10. The van der Waals surface area contributed by atoms with E-state index < -0.39 is 12.0 Å². The van der Waals surface area contributed by atoms with Gasteiger partial charge in [0.1, 0.15) is 6.04 Å². The molecule has 1 unspecified atom stereocenters. The van der Waals surface area contributed by atoms with Crippen molar-refractivity contribution in [3.8, 4) is 0 Å². The number of amides is 1. The van der Waals surface area contributed by atoms with Gasteiger partial charge in [0.2, 0.25) is 5.91 Å². The van der Waals surface area contributed by atoms with E-state index in [-0.39, 0.29) is 12.5 Å². The summed E-state index contributed by atoms with van der Waals surface area (Å²) in [6.07, 6.45) is 0. The lowest BCUT2D eigenvalue weighted by Gasteiger charge is -2.19. The van der Waals surface area contributed by atoms with Crippen LogP contribution in [-0.2, 0) is 16.1 Å². The highest BCUT2D eigenvalue weighted by Gasteiger charge is 2.14. The smallest absolute Gasteiger partial charge is 0.320 e. The lowest BCUT2D eigenvalue weighted by molar-refractivity contribution is -0.139. The summed E-state index contributed by atoms with van der Waals surface area (Å²) in [7, 11) is 1.69. The number of aliphatic carboxylic acids is 1. The van der Waals surface area contributed by atoms with Gasteiger partial charge in [-0.05, 0) is 18.6 Å². The van der Waals surface area contributed by atoms with Gasteiger partial charge in [-0.1, -0.05) is 34.1 Å². The van der Waals surface area contributed by atoms with Crippen LogP contribution in [0.15, 0.2) is 28.7 Å². The second-order valence-corrected chi connectivity index (χ2v) is 5.14. The second-order valence-electron chi connectivity index (χ2n) is 4.28. The fourth-order valence-electron chi connectivity index (χ4n) is 1.43. The number of likely N-dealkylation sites (N-methyl/N-ethyl adjacent to an activating group) is 1. The van der Waals surface area contributed by atoms with E-state index in [9.17, 15) is 9.59 Å². The van der Waals surface area contributed by atoms with Gasteiger partial charge >= 0.3 is 5.97 Å². The van der Waals surface area contributed by atoms with Crippen LogP contribution in [0.3, 0.4) is 0 Å². The molecule has 0 aliphatic rings. The number of hydrogen-bond donors (Lipinski definition) is 2. The quantitative estimate of drug-likeness (QED) is 0.829. The van der Waals surface area contributed by atoms with Crippen molar-refractivity contribution in [2.24, 2.45) is 0 Å². The first-order chi connectivity index (χ1) is 8.91. The Hall–Kier alpha value is -1.40. The Bertz CT molecular complexity index is 465. The maximum atomic E-state index is 11.8. The topological polar surface area (TPSA) is 69.6 Å². The van der Waals surface area contributed by atoms with Gasteiger partial charge in [0.15, 0.2) is 0 Å². The van der Waals surface area contributed by atoms with Gasteiger partial charge in [-0.25, -0.2) is 0 Å². The van der Waals surface area contributed by atoms with Crippen LogP contribution in [0.4, 0.5) is 0 Å². The summed E-state index contributed by atoms with van der Waals surface area (Å²) in [4.78, 5) is 24.0. The third-order valence-electron chi connectivity index (χ3n) is 2.72. The van der Waals surface area contributed by atoms with Gasteiger partial charge in [0.05, 0.1) is 6.54 Å². The van der Waals surface area contributed by atoms with Gasteiger partial charge < -0.3 is 10.0 Å². The molecule has 19 heavy (non-hydrogen) atoms. The SMILES string of the molecule is CC(NCC(=O)N(C)Cc1ccccc1Br)C(=O)O. The van der Waals surface area contributed by atoms with Gasteiger partial charge in [-0.3, -0.25) is 14.9 Å². The van der Waals surface area contributed by atoms with E-state index >= 15 is 0 Å². The first-order valence-corrected chi connectivity index (χ1v) is 6.64. The number of halogens is 1. The molecular weight excluding hydrogens is 312 g/mol. The van der Waals surface area contributed by atoms with Gasteiger partial charge in [-0.15, -0.1) is 0 Å². The van der Waals surface area contributed by atoms with Crippen molar-refractivity contribution in [1.82, 2.24) is 10.2 Å². The summed E-state index contributed by atoms with van der Waals surface area (Å²) in [6.45, 7) is 1.99. The highest BCUT2D eigenvalue weighted by atomic mass is 79.9. The van der Waals surface area contributed by atoms with Crippen LogP contribution < -0.4 is 5.32 Å². The van der Waals surface area contributed by atoms with E-state index in [1.807, 2.05) is 24.3 Å². The van der Waals surface area contributed by atoms with Crippen molar-refractivity contribution in [3.63, 3.8) is 0 Å². The summed E-state index contributed by atoms with van der Waals surface area (Å²) in [5.74, 6) is -1.12. The van der Waals surface area contributed by atoms with E-state index in [1.54, 1.807) is 11.9 Å². The molecule has 1 atom stereocenters. The zero-order chi connectivity index (χ0) is 14.4. The largest absolute Gasteiger partial charge is 0.480 e. The van der Waals surface area contributed by atoms with Crippen LogP contribution in [0.5, 0.6) is 0 Å². The molecule has 0 fully saturated rings. The monoisotopic (exact) mass is 328 g/mol. The Morgan fingerprint density at radius 2 is 2.05 bits per heavy atom. The molecule has 0 aliphatic carbocycles. The van der Waals surface area contributed by atoms with Crippen LogP contribution in [-0.4, -0.2) is 41.5 Å². The first-order valence-electron chi connectivity index (χ1n) is 5.85. The average molecular weight is 329 g/mol. The number of hydrogen-bond acceptors (Lipinski definition) is 3. The third-order valence-corrected chi connectivity index (χ3v) is 3.49. The van der Waals surface area contributed by atoms with E-state index in [1.165, 1.54) is 6.92 Å². The van der Waals surface area contributed by atoms with Gasteiger partial charge in [-0.2, -0.15) is 0 Å². The fourth-order valence-corrected chi connectivity index (χ4v) is 1.84. The number of carbonyl (C=O) groups excluding carboxylic acids is 1. The normalized spacial score (nSPS) is 11.9. The summed E-state index contributed by atoms with van der Waals surface area (Å²) >= 11 is 3.42. The lowest BCUT2D eigenvalue weighted by Crippen LogP contribution is -2.41. The van der Waals surface area contributed by atoms with Crippen molar-refractivity contribution < 1.29 is 14.7 Å². The molecule has 104 valence electrons. The van der Waals surface area contributed by atoms with Crippen LogP contribution in [0, 0.1) is 0 Å². The number of nitrogens with one attached hydrogen (secondary N) is 1. The van der Waals surface area contributed by atoms with E-state index in [0.29, 0.717) is 6.54 Å². The summed E-state index contributed by atoms with van der Waals surface area (Å²) in [5.41, 5.74) is 1.00. The molecule has 6 heteroatoms. The molecule has 1 amide bonds. The Morgan fingerprint density at radius 3 is 2.63 bits per heavy atom. The molecule has 0 spiro atoms. The summed E-state index contributed by atoms with van der Waals surface area (Å²) in [5, 5.41) is 11.4. The molecule has 0 heterocycles. The first kappa shape index (κ1) is 15.7. The minimum Gasteiger partial charge on any atom is -0.480 e. The molecule has 0 bridgehead atoms. The molecule has 2 N–H and O–H groups in total. The van der Waals surface area contributed by atoms with Crippen LogP contribution >= 0.6 is 15.9 Å². The predicted octanol–water partition coefficient (Wildman–Crippen LogP) is 1.47. The van der Waals surface area contributed by atoms with Gasteiger partial charge in [0.25, 0.3) is 0 Å². The highest BCUT2D eigenvalue weighted by Crippen LogP contribution is 2.17. The van der Waals surface area contributed by atoms with E-state index in [0.717, 1.165) is 10.0 Å². The van der Waals surface area contributed by atoms with Crippen LogP contribution in [0.2, 0.25) is 0 Å². The molecule has 0 saturated heterocycles. The van der Waals surface area contributed by atoms with Gasteiger partial charge in [0, 0.05) is 18.1 Å². The Morgan fingerprint density at radius 1 is 1.42 bits per heavy atom. The van der Waals surface area contributed by atoms with Crippen molar-refractivity contribution in [3.05, 3.63) is 34.3 Å². The van der Waals surface area contributed by atoms with E-state index in [2.05, 4.69) is 21.2 Å². The molecule has 0 saturated carbocycles. The molecule has 1 aromatic carbocycles. The molecule has 5 nitrogen and oxygen atoms in total. The minimum absolute atomic E-state index is 0.00835. The zero-order valence-electron chi connectivity index (χ0n) is 10.9. The number of carboxylic acid groups (broad SMARTS) is 1. The standard InChI is InChI=1S/C13H17BrN2O3/c1-9(13(18)19)15-7-12(17)16(2)8-10-5-3-4-6-11(10)14/h3-6,9,15H,7-8H2,1-2H3,(H,18,19). The number of benzene rings is 1. The maximum absolute atomic E-state index is 11.8. The lowest BCUT2D eigenvalue weighted by atomic mass is 10.2. The Balaban J connectivity index is 2.50. The Kier molecular flexibility index (Phi) is 5.98. The molecule has 1 rings (SSSR count). The molecular formula is C13H17BrN2O3. The van der Waals surface area contributed by atoms with Crippen molar-refractivity contribution in [1.29, 1.82) is 0 Å². The van der Waals surface area contributed by atoms with Crippen molar-refractivity contribution in [2.75, 3.05) is 13.6 Å². The molecule has 0 radical (unpaired) electrons. The fraction of sp³-hybridized carbons (Fsp3) is 0.385.